The highest BCUT2D eigenvalue weighted by Crippen LogP contribution is 2.29. The van der Waals surface area contributed by atoms with Gasteiger partial charge in [0.1, 0.15) is 0 Å². The van der Waals surface area contributed by atoms with E-state index in [1.807, 2.05) is 66.1 Å². The molecule has 7 nitrogen and oxygen atoms in total. The Bertz CT molecular complexity index is 1710. The summed E-state index contributed by atoms with van der Waals surface area (Å²) in [5, 5.41) is 4.60. The number of amides is 1. The number of carbonyl (C=O) groups excluding carboxylic acids is 1. The van der Waals surface area contributed by atoms with Crippen LogP contribution in [-0.4, -0.2) is 31.1 Å². The summed E-state index contributed by atoms with van der Waals surface area (Å²) in [4.78, 5) is 35.4. The van der Waals surface area contributed by atoms with Crippen LogP contribution in [0.15, 0.2) is 77.9 Å². The number of pyridine rings is 2. The van der Waals surface area contributed by atoms with Crippen LogP contribution in [0, 0.1) is 12.8 Å². The molecule has 8 heteroatoms. The van der Waals surface area contributed by atoms with E-state index in [1.54, 1.807) is 23.0 Å². The van der Waals surface area contributed by atoms with Crippen molar-refractivity contribution in [1.29, 1.82) is 0 Å². The molecule has 3 aromatic heterocycles. The number of nitrogens with zero attached hydrogens (tertiary/aromatic N) is 4. The van der Waals surface area contributed by atoms with Gasteiger partial charge in [0.2, 0.25) is 0 Å². The normalized spacial score (nSPS) is 17.6. The largest absolute Gasteiger partial charge is 0.349 e. The lowest BCUT2D eigenvalue weighted by Crippen LogP contribution is -2.39. The molecule has 38 heavy (non-hydrogen) atoms. The standard InChI is InChI=1S/C30H28ClN5O2/c1-19-24(16-22(31)17-33-19)29(37)34-23-13-11-20(12-14-23)18-35-25-8-2-3-9-26(25)36(30(35)38)27-10-4-6-21-7-5-15-32-28(21)27/h2-10,15-17,20,23H,11-14,18H2,1H3,(H,34,37). The molecule has 1 fully saturated rings. The SMILES string of the molecule is Cc1ncc(Cl)cc1C(=O)NC1CCC(Cn2c(=O)n(-c3cccc4cccnc34)c3ccccc32)CC1. The summed E-state index contributed by atoms with van der Waals surface area (Å²) in [6.07, 6.45) is 6.90. The Morgan fingerprint density at radius 2 is 1.76 bits per heavy atom. The Morgan fingerprint density at radius 3 is 2.58 bits per heavy atom. The number of hydrogen-bond acceptors (Lipinski definition) is 4. The summed E-state index contributed by atoms with van der Waals surface area (Å²) in [7, 11) is 0. The summed E-state index contributed by atoms with van der Waals surface area (Å²) < 4.78 is 3.69. The molecule has 0 spiro atoms. The van der Waals surface area contributed by atoms with Crippen LogP contribution in [0.4, 0.5) is 0 Å². The summed E-state index contributed by atoms with van der Waals surface area (Å²) in [5.74, 6) is 0.212. The van der Waals surface area contributed by atoms with Crippen LogP contribution in [0.25, 0.3) is 27.6 Å². The molecule has 0 aliphatic heterocycles. The Balaban J connectivity index is 1.23. The zero-order valence-corrected chi connectivity index (χ0v) is 21.9. The monoisotopic (exact) mass is 525 g/mol. The number of rotatable bonds is 5. The predicted octanol–water partition coefficient (Wildman–Crippen LogP) is 5.69. The Morgan fingerprint density at radius 1 is 1.00 bits per heavy atom. The fourth-order valence-electron chi connectivity index (χ4n) is 5.63. The van der Waals surface area contributed by atoms with E-state index in [-0.39, 0.29) is 17.6 Å². The smallest absolute Gasteiger partial charge is 0.333 e. The highest BCUT2D eigenvalue weighted by Gasteiger charge is 2.26. The second-order valence-corrected chi connectivity index (χ2v) is 10.5. The van der Waals surface area contributed by atoms with E-state index in [1.165, 1.54) is 0 Å². The predicted molar refractivity (Wildman–Crippen MR) is 150 cm³/mol. The van der Waals surface area contributed by atoms with Crippen LogP contribution in [0.3, 0.4) is 0 Å². The molecule has 1 aliphatic carbocycles. The van der Waals surface area contributed by atoms with Crippen molar-refractivity contribution in [3.63, 3.8) is 0 Å². The first kappa shape index (κ1) is 24.4. The molecule has 1 aliphatic rings. The van der Waals surface area contributed by atoms with Crippen molar-refractivity contribution in [3.8, 4) is 5.69 Å². The Hall–Kier alpha value is -3.97. The fraction of sp³-hybridized carbons (Fsp3) is 0.267. The summed E-state index contributed by atoms with van der Waals surface area (Å²) in [6, 6.07) is 19.6. The van der Waals surface area contributed by atoms with Gasteiger partial charge in [0.25, 0.3) is 5.91 Å². The van der Waals surface area contributed by atoms with Gasteiger partial charge < -0.3 is 5.32 Å². The molecule has 0 atom stereocenters. The van der Waals surface area contributed by atoms with Crippen LogP contribution in [-0.2, 0) is 6.54 Å². The van der Waals surface area contributed by atoms with Gasteiger partial charge in [-0.05, 0) is 68.9 Å². The molecule has 0 radical (unpaired) electrons. The van der Waals surface area contributed by atoms with Gasteiger partial charge in [-0.2, -0.15) is 0 Å². The van der Waals surface area contributed by atoms with Gasteiger partial charge in [0.15, 0.2) is 0 Å². The quantitative estimate of drug-likeness (QED) is 0.320. The summed E-state index contributed by atoms with van der Waals surface area (Å²) >= 11 is 6.05. The van der Waals surface area contributed by atoms with Crippen LogP contribution in [0.1, 0.15) is 41.7 Å². The Labute approximate surface area is 225 Å². The van der Waals surface area contributed by atoms with Gasteiger partial charge in [0, 0.05) is 30.4 Å². The number of aryl methyl sites for hydroxylation is 1. The van der Waals surface area contributed by atoms with E-state index in [0.29, 0.717) is 28.7 Å². The number of nitrogens with one attached hydrogen (secondary N) is 1. The van der Waals surface area contributed by atoms with Gasteiger partial charge in [-0.3, -0.25) is 23.9 Å². The third-order valence-electron chi connectivity index (χ3n) is 7.61. The molecular weight excluding hydrogens is 498 g/mol. The van der Waals surface area contributed by atoms with Crippen LogP contribution >= 0.6 is 11.6 Å². The van der Waals surface area contributed by atoms with Crippen molar-refractivity contribution in [1.82, 2.24) is 24.4 Å². The van der Waals surface area contributed by atoms with Crippen LogP contribution in [0.2, 0.25) is 5.02 Å². The average molecular weight is 526 g/mol. The van der Waals surface area contributed by atoms with Crippen molar-refractivity contribution in [3.05, 3.63) is 99.8 Å². The number of aromatic nitrogens is 4. The molecule has 5 aromatic rings. The van der Waals surface area contributed by atoms with E-state index in [0.717, 1.165) is 53.3 Å². The second kappa shape index (κ2) is 10.1. The maximum absolute atomic E-state index is 13.9. The van der Waals surface area contributed by atoms with Crippen LogP contribution in [0.5, 0.6) is 0 Å². The van der Waals surface area contributed by atoms with Gasteiger partial charge in [-0.15, -0.1) is 0 Å². The van der Waals surface area contributed by atoms with E-state index in [4.69, 9.17) is 11.6 Å². The van der Waals surface area contributed by atoms with Gasteiger partial charge >= 0.3 is 5.69 Å². The second-order valence-electron chi connectivity index (χ2n) is 10.0. The lowest BCUT2D eigenvalue weighted by atomic mass is 9.85. The van der Waals surface area contributed by atoms with Crippen molar-refractivity contribution < 1.29 is 4.79 Å². The highest BCUT2D eigenvalue weighted by atomic mass is 35.5. The highest BCUT2D eigenvalue weighted by molar-refractivity contribution is 6.30. The molecule has 0 bridgehead atoms. The average Bonchev–Trinajstić information content (AvgIpc) is 3.21. The lowest BCUT2D eigenvalue weighted by molar-refractivity contribution is 0.0919. The van der Waals surface area contributed by atoms with Gasteiger partial charge in [-0.1, -0.05) is 41.9 Å². The number of fused-ring (bicyclic) bond motifs is 2. The number of benzene rings is 2. The molecular formula is C30H28ClN5O2. The summed E-state index contributed by atoms with van der Waals surface area (Å²) in [6.45, 7) is 2.45. The first-order chi connectivity index (χ1) is 18.5. The molecule has 0 saturated heterocycles. The number of carbonyl (C=O) groups is 1. The molecule has 1 saturated carbocycles. The minimum absolute atomic E-state index is 0.0521. The van der Waals surface area contributed by atoms with Crippen molar-refractivity contribution in [2.24, 2.45) is 5.92 Å². The Kier molecular flexibility index (Phi) is 6.45. The molecule has 0 unspecified atom stereocenters. The third kappa shape index (κ3) is 4.47. The number of hydrogen-bond donors (Lipinski definition) is 1. The van der Waals surface area contributed by atoms with E-state index >= 15 is 0 Å². The minimum Gasteiger partial charge on any atom is -0.349 e. The molecule has 2 aromatic carbocycles. The van der Waals surface area contributed by atoms with E-state index in [9.17, 15) is 9.59 Å². The zero-order valence-electron chi connectivity index (χ0n) is 21.1. The van der Waals surface area contributed by atoms with Gasteiger partial charge in [0.05, 0.1) is 38.5 Å². The molecule has 1 N–H and O–H groups in total. The molecule has 3 heterocycles. The first-order valence-corrected chi connectivity index (χ1v) is 13.3. The molecule has 6 rings (SSSR count). The maximum atomic E-state index is 13.9. The fourth-order valence-corrected chi connectivity index (χ4v) is 5.79. The topological polar surface area (TPSA) is 81.8 Å². The first-order valence-electron chi connectivity index (χ1n) is 13.0. The van der Waals surface area contributed by atoms with Crippen molar-refractivity contribution in [2.75, 3.05) is 0 Å². The van der Waals surface area contributed by atoms with Gasteiger partial charge in [-0.25, -0.2) is 4.79 Å². The number of halogens is 1. The molecule has 192 valence electrons. The van der Waals surface area contributed by atoms with E-state index in [2.05, 4.69) is 15.3 Å². The maximum Gasteiger partial charge on any atom is 0.333 e. The molecule has 1 amide bonds. The van der Waals surface area contributed by atoms with Crippen molar-refractivity contribution >= 4 is 39.4 Å². The zero-order chi connectivity index (χ0) is 26.2. The lowest BCUT2D eigenvalue weighted by Gasteiger charge is -2.29. The number of imidazole rings is 1. The minimum atomic E-state index is -0.135. The van der Waals surface area contributed by atoms with Crippen LogP contribution < -0.4 is 11.0 Å². The number of para-hydroxylation sites is 3. The third-order valence-corrected chi connectivity index (χ3v) is 7.82. The van der Waals surface area contributed by atoms with Crippen molar-refractivity contribution in [2.45, 2.75) is 45.2 Å². The van der Waals surface area contributed by atoms with E-state index < -0.39 is 0 Å². The summed E-state index contributed by atoms with van der Waals surface area (Å²) in [5.41, 5.74) is 4.52.